The standard InChI is InChI=1S/C4H7O.4CH3.H2O.V/c1-4(2)3-5;;;;;;/h1,5H,3H2,2H3;4*1H3;1H2;/q+1;4*-1;;+2/p+1. The van der Waals surface area contributed by atoms with Gasteiger partial charge in [0.15, 0.2) is 0 Å². The monoisotopic (exact) mass is 201 g/mol. The van der Waals surface area contributed by atoms with E-state index in [9.17, 15) is 0 Å². The van der Waals surface area contributed by atoms with Crippen LogP contribution in [0.3, 0.4) is 0 Å². The minimum atomic E-state index is 0. The quantitative estimate of drug-likeness (QED) is 0.450. The second-order valence-electron chi connectivity index (χ2n) is 1.02. The molecule has 0 aliphatic carbocycles. The van der Waals surface area contributed by atoms with Crippen LogP contribution in [-0.4, -0.2) is 17.2 Å². The van der Waals surface area contributed by atoms with Crippen molar-refractivity contribution in [2.24, 2.45) is 0 Å². The Morgan fingerprint density at radius 1 is 1.18 bits per heavy atom. The van der Waals surface area contributed by atoms with Crippen LogP contribution >= 0.6 is 0 Å². The molecule has 0 bridgehead atoms. The van der Waals surface area contributed by atoms with E-state index in [2.05, 4.69) is 0 Å². The fourth-order valence-electron chi connectivity index (χ4n) is 0. The maximum Gasteiger partial charge on any atom is 2.00 e. The van der Waals surface area contributed by atoms with Crippen molar-refractivity contribution in [3.8, 4) is 0 Å². The van der Waals surface area contributed by atoms with Crippen molar-refractivity contribution in [2.45, 2.75) is 6.92 Å². The van der Waals surface area contributed by atoms with Crippen LogP contribution in [0.5, 0.6) is 0 Å². The maximum atomic E-state index is 6.50. The van der Waals surface area contributed by atoms with E-state index in [-0.39, 0.29) is 60.3 Å². The van der Waals surface area contributed by atoms with Crippen LogP contribution in [0.15, 0.2) is 5.57 Å². The van der Waals surface area contributed by atoms with E-state index >= 15 is 0 Å². The van der Waals surface area contributed by atoms with Crippen molar-refractivity contribution >= 4 is 0 Å². The van der Waals surface area contributed by atoms with Gasteiger partial charge in [-0.25, -0.2) is 0 Å². The van der Waals surface area contributed by atoms with Gasteiger partial charge in [0.1, 0.15) is 0 Å². The van der Waals surface area contributed by atoms with Crippen molar-refractivity contribution in [3.63, 3.8) is 0 Å². The minimum absolute atomic E-state index is 0. The molecule has 0 aromatic carbocycles. The second kappa shape index (κ2) is 49.3. The topological polar surface area (TPSA) is 54.4 Å². The van der Waals surface area contributed by atoms with E-state index in [1.54, 1.807) is 6.92 Å². The molecule has 0 aromatic heterocycles. The van der Waals surface area contributed by atoms with E-state index in [1.807, 2.05) is 0 Å². The normalized spacial score (nSPS) is 3.36. The van der Waals surface area contributed by atoms with Gasteiger partial charge in [-0.2, -0.15) is 0 Å². The predicted molar refractivity (Wildman–Crippen MR) is 51.2 cm³/mol. The largest absolute Gasteiger partial charge is 2.00 e. The smallest absolute Gasteiger partial charge is 0.439 e. The number of rotatable bonds is 1. The van der Waals surface area contributed by atoms with Crippen LogP contribution in [0, 0.1) is 36.3 Å². The maximum absolute atomic E-state index is 6.50. The average Bonchev–Trinajstić information content (AvgIpc) is 1.38. The summed E-state index contributed by atoms with van der Waals surface area (Å²) in [6, 6.07) is 0. The molecule has 0 heterocycles. The van der Waals surface area contributed by atoms with Crippen LogP contribution in [0.4, 0.5) is 0 Å². The van der Waals surface area contributed by atoms with Crippen molar-refractivity contribution < 1.29 is 29.1 Å². The first-order valence-electron chi connectivity index (χ1n) is 1.50. The SMILES string of the molecule is O.[CH+]=C(C)C[OH2+].[CH3-].[CH3-].[CH3-].[CH3-].[V+2]. The Balaban J connectivity index is -0.00000000533. The first-order chi connectivity index (χ1) is 2.27. The fourth-order valence-corrected chi connectivity index (χ4v) is 0. The molecule has 71 valence electrons. The fraction of sp³-hybridized carbons (Fsp3) is 0.250. The van der Waals surface area contributed by atoms with Crippen LogP contribution in [0.2, 0.25) is 0 Å². The third-order valence-electron chi connectivity index (χ3n) is 0.279. The molecule has 0 aromatic rings. The average molecular weight is 201 g/mol. The summed E-state index contributed by atoms with van der Waals surface area (Å²) in [7, 11) is 0. The molecule has 0 atom stereocenters. The molecule has 0 unspecified atom stereocenters. The zero-order valence-corrected chi connectivity index (χ0v) is 9.63. The van der Waals surface area contributed by atoms with Gasteiger partial charge >= 0.3 is 18.6 Å². The summed E-state index contributed by atoms with van der Waals surface area (Å²) in [4.78, 5) is 0. The number of hydrogen-bond donors (Lipinski definition) is 0. The molecule has 0 rings (SSSR count). The van der Waals surface area contributed by atoms with Gasteiger partial charge in [-0.05, 0) is 0 Å². The first-order valence-corrected chi connectivity index (χ1v) is 1.50. The molecule has 0 saturated carbocycles. The molecule has 0 spiro atoms. The molecule has 0 saturated heterocycles. The molecule has 2 nitrogen and oxygen atoms in total. The molecule has 3 heteroatoms. The molecule has 0 amide bonds. The molecule has 4 N–H and O–H groups in total. The molecule has 11 heavy (non-hydrogen) atoms. The first kappa shape index (κ1) is 66.6. The van der Waals surface area contributed by atoms with Gasteiger partial charge in [0.25, 0.3) is 0 Å². The van der Waals surface area contributed by atoms with Crippen LogP contribution in [0.25, 0.3) is 0 Å². The predicted octanol–water partition coefficient (Wildman–Crippen LogP) is 1.06. The third-order valence-corrected chi connectivity index (χ3v) is 0.279. The van der Waals surface area contributed by atoms with E-state index in [4.69, 9.17) is 11.7 Å². The van der Waals surface area contributed by atoms with Crippen molar-refractivity contribution in [3.05, 3.63) is 41.9 Å². The van der Waals surface area contributed by atoms with Gasteiger partial charge < -0.3 is 40.3 Å². The Labute approximate surface area is 84.9 Å². The van der Waals surface area contributed by atoms with Gasteiger partial charge in [-0.3, -0.25) is 0 Å². The van der Waals surface area contributed by atoms with Gasteiger partial charge in [-0.15, -0.1) is 0 Å². The van der Waals surface area contributed by atoms with E-state index in [0.717, 1.165) is 0 Å². The molecular formula is C8H22O2V. The van der Waals surface area contributed by atoms with Crippen LogP contribution < -0.4 is 0 Å². The molecule has 1 radical (unpaired) electrons. The summed E-state index contributed by atoms with van der Waals surface area (Å²) in [6.07, 6.45) is 0. The van der Waals surface area contributed by atoms with E-state index in [0.29, 0.717) is 5.57 Å². The van der Waals surface area contributed by atoms with Crippen molar-refractivity contribution in [2.75, 3.05) is 6.61 Å². The number of hydrogen-bond acceptors (Lipinski definition) is 0. The Morgan fingerprint density at radius 3 is 1.27 bits per heavy atom. The summed E-state index contributed by atoms with van der Waals surface area (Å²) < 4.78 is 0. The Hall–Kier alpha value is 0.154. The Bertz CT molecular complexity index is 47.4. The minimum Gasteiger partial charge on any atom is -0.439 e. The van der Waals surface area contributed by atoms with Crippen molar-refractivity contribution in [1.29, 1.82) is 0 Å². The summed E-state index contributed by atoms with van der Waals surface area (Å²) in [5.41, 5.74) is 0.671. The zero-order chi connectivity index (χ0) is 4.28. The molecule has 0 fully saturated rings. The molecular weight excluding hydrogens is 179 g/mol. The van der Waals surface area contributed by atoms with E-state index < -0.39 is 0 Å². The van der Waals surface area contributed by atoms with Gasteiger partial charge in [-0.1, -0.05) is 0 Å². The summed E-state index contributed by atoms with van der Waals surface area (Å²) in [6.45, 7) is 7.00. The molecule has 0 aliphatic rings. The van der Waals surface area contributed by atoms with Gasteiger partial charge in [0, 0.05) is 6.92 Å². The Morgan fingerprint density at radius 2 is 1.27 bits per heavy atom. The second-order valence-corrected chi connectivity index (χ2v) is 1.02. The van der Waals surface area contributed by atoms with Crippen molar-refractivity contribution in [1.82, 2.24) is 0 Å². The van der Waals surface area contributed by atoms with Crippen LogP contribution in [-0.2, 0) is 18.6 Å². The summed E-state index contributed by atoms with van der Waals surface area (Å²) in [5, 5.41) is 6.50. The molecule has 0 aliphatic heterocycles. The van der Waals surface area contributed by atoms with Gasteiger partial charge in [0.05, 0.1) is 0 Å². The zero-order valence-electron chi connectivity index (χ0n) is 8.23. The van der Waals surface area contributed by atoms with E-state index in [1.165, 1.54) is 0 Å². The summed E-state index contributed by atoms with van der Waals surface area (Å²) >= 11 is 0. The third kappa shape index (κ3) is 145. The summed E-state index contributed by atoms with van der Waals surface area (Å²) in [5.74, 6) is 0. The van der Waals surface area contributed by atoms with Crippen LogP contribution in [0.1, 0.15) is 6.92 Å². The Kier molecular flexibility index (Phi) is 299. The van der Waals surface area contributed by atoms with Gasteiger partial charge in [0.2, 0.25) is 18.8 Å².